The Morgan fingerprint density at radius 3 is 2.61 bits per heavy atom. The first-order valence-electron chi connectivity index (χ1n) is 9.21. The number of furan rings is 1. The molecule has 150 valence electrons. The van der Waals surface area contributed by atoms with E-state index in [2.05, 4.69) is 40.5 Å². The van der Waals surface area contributed by atoms with E-state index in [0.29, 0.717) is 13.1 Å². The van der Waals surface area contributed by atoms with Gasteiger partial charge in [-0.15, -0.1) is 24.0 Å². The van der Waals surface area contributed by atoms with Crippen molar-refractivity contribution >= 4 is 46.7 Å². The maximum Gasteiger partial charge on any atom is 0.192 e. The first-order chi connectivity index (χ1) is 13.1. The number of nitrogens with zero attached hydrogens (tertiary/aromatic N) is 3. The predicted molar refractivity (Wildman–Crippen MR) is 127 cm³/mol. The van der Waals surface area contributed by atoms with Crippen LogP contribution in [0.3, 0.4) is 0 Å². The standard InChI is InChI=1S/C21H27N5O.HI/c1-5-22-21(23-13-16-9-8-12-20(25-16)26(3)4)24-14-19-15(2)17-10-6-7-11-18(17)27-19;/h6-12H,5,13-14H2,1-4H3,(H2,22,23,24);1H. The number of halogens is 1. The summed E-state index contributed by atoms with van der Waals surface area (Å²) >= 11 is 0. The highest BCUT2D eigenvalue weighted by Gasteiger charge is 2.10. The molecule has 0 bridgehead atoms. The van der Waals surface area contributed by atoms with E-state index in [0.717, 1.165) is 46.3 Å². The van der Waals surface area contributed by atoms with Gasteiger partial charge in [0.05, 0.1) is 18.8 Å². The number of aromatic nitrogens is 1. The number of hydrogen-bond donors (Lipinski definition) is 2. The predicted octanol–water partition coefficient (Wildman–Crippen LogP) is 4.08. The topological polar surface area (TPSA) is 65.7 Å². The maximum absolute atomic E-state index is 5.97. The lowest BCUT2D eigenvalue weighted by atomic mass is 10.1. The highest BCUT2D eigenvalue weighted by molar-refractivity contribution is 14.0. The molecule has 0 spiro atoms. The number of anilines is 1. The second-order valence-corrected chi connectivity index (χ2v) is 6.58. The molecule has 0 radical (unpaired) electrons. The second-order valence-electron chi connectivity index (χ2n) is 6.58. The highest BCUT2D eigenvalue weighted by atomic mass is 127. The summed E-state index contributed by atoms with van der Waals surface area (Å²) in [5.74, 6) is 2.60. The van der Waals surface area contributed by atoms with Crippen molar-refractivity contribution in [3.63, 3.8) is 0 Å². The fraction of sp³-hybridized carbons (Fsp3) is 0.333. The van der Waals surface area contributed by atoms with Crippen LogP contribution in [0.2, 0.25) is 0 Å². The van der Waals surface area contributed by atoms with E-state index < -0.39 is 0 Å². The smallest absolute Gasteiger partial charge is 0.192 e. The van der Waals surface area contributed by atoms with Gasteiger partial charge in [-0.1, -0.05) is 24.3 Å². The zero-order valence-electron chi connectivity index (χ0n) is 16.8. The molecule has 2 aromatic heterocycles. The zero-order valence-corrected chi connectivity index (χ0v) is 19.2. The van der Waals surface area contributed by atoms with E-state index in [4.69, 9.17) is 4.42 Å². The van der Waals surface area contributed by atoms with Gasteiger partial charge in [0.15, 0.2) is 5.96 Å². The van der Waals surface area contributed by atoms with Gasteiger partial charge < -0.3 is 20.0 Å². The number of pyridine rings is 1. The van der Waals surface area contributed by atoms with Gasteiger partial charge >= 0.3 is 0 Å². The van der Waals surface area contributed by atoms with Gasteiger partial charge in [0, 0.05) is 31.6 Å². The molecule has 0 atom stereocenters. The maximum atomic E-state index is 5.97. The molecule has 0 aliphatic rings. The normalized spacial score (nSPS) is 11.2. The Labute approximate surface area is 183 Å². The molecular weight excluding hydrogens is 465 g/mol. The Morgan fingerprint density at radius 2 is 1.89 bits per heavy atom. The monoisotopic (exact) mass is 493 g/mol. The molecule has 0 saturated carbocycles. The van der Waals surface area contributed by atoms with Gasteiger partial charge in [0.25, 0.3) is 0 Å². The summed E-state index contributed by atoms with van der Waals surface area (Å²) in [6, 6.07) is 14.1. The van der Waals surface area contributed by atoms with Gasteiger partial charge in [-0.3, -0.25) is 0 Å². The Hall–Kier alpha value is -2.29. The molecule has 28 heavy (non-hydrogen) atoms. The van der Waals surface area contributed by atoms with Crippen LogP contribution in [0.1, 0.15) is 23.9 Å². The molecule has 0 aliphatic carbocycles. The lowest BCUT2D eigenvalue weighted by Gasteiger charge is -2.13. The van der Waals surface area contributed by atoms with Crippen molar-refractivity contribution in [3.8, 4) is 0 Å². The van der Waals surface area contributed by atoms with Gasteiger partial charge in [0.2, 0.25) is 0 Å². The molecule has 3 rings (SSSR count). The van der Waals surface area contributed by atoms with Gasteiger partial charge in [-0.25, -0.2) is 9.98 Å². The third-order valence-electron chi connectivity index (χ3n) is 4.35. The van der Waals surface area contributed by atoms with Crippen LogP contribution in [-0.2, 0) is 13.1 Å². The van der Waals surface area contributed by atoms with Crippen LogP contribution in [0, 0.1) is 6.92 Å². The highest BCUT2D eigenvalue weighted by Crippen LogP contribution is 2.24. The van der Waals surface area contributed by atoms with E-state index in [1.165, 1.54) is 0 Å². The molecular formula is C21H28IN5O. The number of benzene rings is 1. The zero-order chi connectivity index (χ0) is 19.2. The summed E-state index contributed by atoms with van der Waals surface area (Å²) in [5, 5.41) is 7.78. The van der Waals surface area contributed by atoms with Gasteiger partial charge in [0.1, 0.15) is 17.2 Å². The molecule has 1 aromatic carbocycles. The van der Waals surface area contributed by atoms with Crippen molar-refractivity contribution in [2.75, 3.05) is 25.5 Å². The molecule has 2 heterocycles. The van der Waals surface area contributed by atoms with Crippen molar-refractivity contribution < 1.29 is 4.42 Å². The van der Waals surface area contributed by atoms with Crippen molar-refractivity contribution in [2.24, 2.45) is 4.99 Å². The van der Waals surface area contributed by atoms with Gasteiger partial charge in [-0.05, 0) is 32.0 Å². The summed E-state index contributed by atoms with van der Waals surface area (Å²) in [4.78, 5) is 11.3. The summed E-state index contributed by atoms with van der Waals surface area (Å²) in [5.41, 5.74) is 3.01. The third-order valence-corrected chi connectivity index (χ3v) is 4.35. The number of para-hydroxylation sites is 1. The molecule has 0 fully saturated rings. The molecule has 6 nitrogen and oxygen atoms in total. The first kappa shape index (κ1) is 22.0. The van der Waals surface area contributed by atoms with Crippen molar-refractivity contribution in [1.29, 1.82) is 0 Å². The number of hydrogen-bond acceptors (Lipinski definition) is 4. The molecule has 0 aliphatic heterocycles. The van der Waals surface area contributed by atoms with E-state index in [-0.39, 0.29) is 24.0 Å². The Kier molecular flexibility index (Phi) is 8.10. The lowest BCUT2D eigenvalue weighted by Crippen LogP contribution is -2.36. The minimum atomic E-state index is 0. The van der Waals surface area contributed by atoms with Crippen LogP contribution < -0.4 is 15.5 Å². The van der Waals surface area contributed by atoms with Crippen molar-refractivity contribution in [2.45, 2.75) is 26.9 Å². The van der Waals surface area contributed by atoms with Gasteiger partial charge in [-0.2, -0.15) is 0 Å². The van der Waals surface area contributed by atoms with Crippen LogP contribution in [0.25, 0.3) is 11.0 Å². The first-order valence-corrected chi connectivity index (χ1v) is 9.21. The average molecular weight is 493 g/mol. The number of fused-ring (bicyclic) bond motifs is 1. The summed E-state index contributed by atoms with van der Waals surface area (Å²) in [6.45, 7) is 6.02. The quantitative estimate of drug-likeness (QED) is 0.308. The summed E-state index contributed by atoms with van der Waals surface area (Å²) < 4.78 is 5.97. The van der Waals surface area contributed by atoms with E-state index in [9.17, 15) is 0 Å². The minimum absolute atomic E-state index is 0. The minimum Gasteiger partial charge on any atom is -0.459 e. The molecule has 0 saturated heterocycles. The lowest BCUT2D eigenvalue weighted by molar-refractivity contribution is 0.534. The third kappa shape index (κ3) is 5.37. The fourth-order valence-corrected chi connectivity index (χ4v) is 2.86. The Balaban J connectivity index is 0.00000280. The van der Waals surface area contributed by atoms with Crippen LogP contribution in [0.15, 0.2) is 51.9 Å². The summed E-state index contributed by atoms with van der Waals surface area (Å²) in [6.07, 6.45) is 0. The Bertz CT molecular complexity index is 935. The largest absolute Gasteiger partial charge is 0.459 e. The molecule has 0 amide bonds. The molecule has 3 aromatic rings. The number of nitrogens with one attached hydrogen (secondary N) is 2. The number of guanidine groups is 1. The van der Waals surface area contributed by atoms with E-state index in [1.807, 2.05) is 55.4 Å². The summed E-state index contributed by atoms with van der Waals surface area (Å²) in [7, 11) is 3.97. The van der Waals surface area contributed by atoms with Crippen molar-refractivity contribution in [1.82, 2.24) is 15.6 Å². The Morgan fingerprint density at radius 1 is 1.11 bits per heavy atom. The van der Waals surface area contributed by atoms with Crippen molar-refractivity contribution in [3.05, 3.63) is 59.5 Å². The van der Waals surface area contributed by atoms with Crippen LogP contribution in [-0.4, -0.2) is 31.6 Å². The van der Waals surface area contributed by atoms with E-state index >= 15 is 0 Å². The molecule has 7 heteroatoms. The van der Waals surface area contributed by atoms with Crippen LogP contribution in [0.5, 0.6) is 0 Å². The average Bonchev–Trinajstić information content (AvgIpc) is 3.00. The van der Waals surface area contributed by atoms with Crippen LogP contribution >= 0.6 is 24.0 Å². The molecule has 0 unspecified atom stereocenters. The SMILES string of the molecule is CCNC(=NCc1cccc(N(C)C)n1)NCc1oc2ccccc2c1C.I. The second kappa shape index (κ2) is 10.3. The van der Waals surface area contributed by atoms with Crippen LogP contribution in [0.4, 0.5) is 5.82 Å². The number of aliphatic imine (C=N–C) groups is 1. The number of aryl methyl sites for hydroxylation is 1. The van der Waals surface area contributed by atoms with E-state index in [1.54, 1.807) is 0 Å². The number of rotatable bonds is 6. The fourth-order valence-electron chi connectivity index (χ4n) is 2.86. The molecule has 2 N–H and O–H groups in total.